The number of aryl methyl sites for hydroxylation is 2. The topological polar surface area (TPSA) is 102 Å². The van der Waals surface area contributed by atoms with Crippen molar-refractivity contribution in [2.24, 2.45) is 0 Å². The van der Waals surface area contributed by atoms with Crippen LogP contribution in [0.2, 0.25) is 0 Å². The molecule has 136 valence electrons. The molecular formula is C17H19N5O3S. The van der Waals surface area contributed by atoms with E-state index in [-0.39, 0.29) is 29.9 Å². The molecule has 0 atom stereocenters. The first kappa shape index (κ1) is 17.9. The number of hydrogen-bond donors (Lipinski definition) is 2. The number of carbonyl (C=O) groups is 2. The quantitative estimate of drug-likeness (QED) is 0.661. The van der Waals surface area contributed by atoms with Gasteiger partial charge in [-0.25, -0.2) is 0 Å². The van der Waals surface area contributed by atoms with Crippen LogP contribution in [0.5, 0.6) is 0 Å². The molecule has 0 unspecified atom stereocenters. The summed E-state index contributed by atoms with van der Waals surface area (Å²) in [7, 11) is 0. The van der Waals surface area contributed by atoms with E-state index in [4.69, 9.17) is 4.42 Å². The van der Waals surface area contributed by atoms with E-state index < -0.39 is 0 Å². The predicted octanol–water partition coefficient (Wildman–Crippen LogP) is 2.16. The average molecular weight is 373 g/mol. The van der Waals surface area contributed by atoms with E-state index >= 15 is 0 Å². The lowest BCUT2D eigenvalue weighted by atomic mass is 10.3. The third kappa shape index (κ3) is 4.57. The summed E-state index contributed by atoms with van der Waals surface area (Å²) in [4.78, 5) is 29.0. The third-order valence-electron chi connectivity index (χ3n) is 3.61. The van der Waals surface area contributed by atoms with Crippen LogP contribution >= 0.6 is 11.3 Å². The Morgan fingerprint density at radius 1 is 1.35 bits per heavy atom. The molecule has 26 heavy (non-hydrogen) atoms. The zero-order chi connectivity index (χ0) is 18.5. The lowest BCUT2D eigenvalue weighted by molar-refractivity contribution is -0.115. The van der Waals surface area contributed by atoms with E-state index in [0.717, 1.165) is 16.3 Å². The Morgan fingerprint density at radius 3 is 2.88 bits per heavy atom. The number of nitrogens with one attached hydrogen (secondary N) is 2. The number of oxazole rings is 1. The molecule has 0 aliphatic carbocycles. The minimum Gasteiger partial charge on any atom is -0.431 e. The highest BCUT2D eigenvalue weighted by Crippen LogP contribution is 2.12. The number of hydrogen-bond acceptors (Lipinski definition) is 6. The Bertz CT molecular complexity index is 898. The van der Waals surface area contributed by atoms with Gasteiger partial charge in [0.05, 0.1) is 18.7 Å². The van der Waals surface area contributed by atoms with Crippen molar-refractivity contribution in [3.05, 3.63) is 51.8 Å². The molecule has 0 aromatic carbocycles. The molecule has 3 heterocycles. The zero-order valence-electron chi connectivity index (χ0n) is 14.5. The monoisotopic (exact) mass is 373 g/mol. The minimum atomic E-state index is -0.367. The molecule has 3 aromatic rings. The van der Waals surface area contributed by atoms with Gasteiger partial charge in [0.1, 0.15) is 6.26 Å². The van der Waals surface area contributed by atoms with Crippen LogP contribution in [-0.2, 0) is 17.8 Å². The molecule has 9 heteroatoms. The highest BCUT2D eigenvalue weighted by Gasteiger charge is 2.14. The van der Waals surface area contributed by atoms with Gasteiger partial charge in [-0.1, -0.05) is 6.07 Å². The normalized spacial score (nSPS) is 10.7. The maximum absolute atomic E-state index is 12.1. The second kappa shape index (κ2) is 7.96. The summed E-state index contributed by atoms with van der Waals surface area (Å²) < 4.78 is 6.97. The molecular weight excluding hydrogens is 354 g/mol. The summed E-state index contributed by atoms with van der Waals surface area (Å²) in [5.41, 5.74) is 2.09. The van der Waals surface area contributed by atoms with Gasteiger partial charge in [0, 0.05) is 17.1 Å². The van der Waals surface area contributed by atoms with Gasteiger partial charge in [-0.3, -0.25) is 19.6 Å². The molecule has 0 saturated heterocycles. The van der Waals surface area contributed by atoms with Crippen molar-refractivity contribution in [2.75, 3.05) is 11.9 Å². The van der Waals surface area contributed by atoms with Crippen LogP contribution in [0.15, 0.2) is 34.3 Å². The molecule has 0 spiro atoms. The number of nitrogens with zero attached hydrogens (tertiary/aromatic N) is 3. The highest BCUT2D eigenvalue weighted by atomic mass is 32.1. The lowest BCUT2D eigenvalue weighted by Crippen LogP contribution is -2.28. The molecule has 3 aromatic heterocycles. The Hall–Kier alpha value is -2.94. The Kier molecular flexibility index (Phi) is 5.47. The Balaban J connectivity index is 1.48. The summed E-state index contributed by atoms with van der Waals surface area (Å²) in [6, 6.07) is 5.74. The van der Waals surface area contributed by atoms with Crippen molar-refractivity contribution in [2.45, 2.75) is 26.8 Å². The van der Waals surface area contributed by atoms with Crippen molar-refractivity contribution in [1.29, 1.82) is 0 Å². The van der Waals surface area contributed by atoms with Crippen molar-refractivity contribution in [3.63, 3.8) is 0 Å². The molecule has 0 aliphatic rings. The SMILES string of the molecule is Cc1cc(C)n(CCNC(=O)c2coc(NC(=O)Cc3cccs3)n2)n1. The van der Waals surface area contributed by atoms with Crippen LogP contribution in [0.3, 0.4) is 0 Å². The number of carbonyl (C=O) groups excluding carboxylic acids is 2. The molecule has 0 radical (unpaired) electrons. The zero-order valence-corrected chi connectivity index (χ0v) is 15.3. The number of anilines is 1. The van der Waals surface area contributed by atoms with Gasteiger partial charge in [0.15, 0.2) is 5.69 Å². The van der Waals surface area contributed by atoms with Gasteiger partial charge in [0.2, 0.25) is 5.91 Å². The fourth-order valence-corrected chi connectivity index (χ4v) is 3.14. The van der Waals surface area contributed by atoms with Crippen LogP contribution in [0.1, 0.15) is 26.8 Å². The summed E-state index contributed by atoms with van der Waals surface area (Å²) in [5, 5.41) is 11.5. The van der Waals surface area contributed by atoms with Crippen molar-refractivity contribution in [3.8, 4) is 0 Å². The van der Waals surface area contributed by atoms with Crippen molar-refractivity contribution < 1.29 is 14.0 Å². The standard InChI is InChI=1S/C17H19N5O3S/c1-11-8-12(2)22(21-11)6-5-18-16(24)14-10-25-17(19-14)20-15(23)9-13-4-3-7-26-13/h3-4,7-8,10H,5-6,9H2,1-2H3,(H,18,24)(H,19,20,23). The largest absolute Gasteiger partial charge is 0.431 e. The molecule has 2 N–H and O–H groups in total. The predicted molar refractivity (Wildman–Crippen MR) is 97.2 cm³/mol. The highest BCUT2D eigenvalue weighted by molar-refractivity contribution is 7.10. The van der Waals surface area contributed by atoms with Gasteiger partial charge in [-0.2, -0.15) is 10.1 Å². The van der Waals surface area contributed by atoms with E-state index in [1.165, 1.54) is 17.6 Å². The second-order valence-corrected chi connectivity index (χ2v) is 6.78. The summed E-state index contributed by atoms with van der Waals surface area (Å²) in [6.45, 7) is 4.86. The van der Waals surface area contributed by atoms with Gasteiger partial charge in [0.25, 0.3) is 5.91 Å². The van der Waals surface area contributed by atoms with E-state index in [0.29, 0.717) is 13.1 Å². The molecule has 0 fully saturated rings. The first-order chi connectivity index (χ1) is 12.5. The maximum atomic E-state index is 12.1. The van der Waals surface area contributed by atoms with Crippen LogP contribution in [-0.4, -0.2) is 33.1 Å². The summed E-state index contributed by atoms with van der Waals surface area (Å²) in [5.74, 6) is -0.611. The number of rotatable bonds is 7. The smallest absolute Gasteiger partial charge is 0.302 e. The van der Waals surface area contributed by atoms with Crippen LogP contribution in [0.25, 0.3) is 0 Å². The van der Waals surface area contributed by atoms with E-state index in [2.05, 4.69) is 20.7 Å². The summed E-state index contributed by atoms with van der Waals surface area (Å²) >= 11 is 1.50. The summed E-state index contributed by atoms with van der Waals surface area (Å²) in [6.07, 6.45) is 1.46. The lowest BCUT2D eigenvalue weighted by Gasteiger charge is -2.05. The number of amides is 2. The minimum absolute atomic E-state index is 0.00949. The Morgan fingerprint density at radius 2 is 2.19 bits per heavy atom. The fourth-order valence-electron chi connectivity index (χ4n) is 2.44. The molecule has 0 aliphatic heterocycles. The first-order valence-electron chi connectivity index (χ1n) is 8.08. The van der Waals surface area contributed by atoms with E-state index in [1.807, 2.05) is 42.1 Å². The molecule has 0 bridgehead atoms. The second-order valence-electron chi connectivity index (χ2n) is 5.75. The van der Waals surface area contributed by atoms with Gasteiger partial charge in [-0.15, -0.1) is 11.3 Å². The molecule has 8 nitrogen and oxygen atoms in total. The number of thiophene rings is 1. The van der Waals surface area contributed by atoms with E-state index in [1.54, 1.807) is 0 Å². The van der Waals surface area contributed by atoms with Crippen LogP contribution < -0.4 is 10.6 Å². The molecule has 2 amide bonds. The van der Waals surface area contributed by atoms with Crippen molar-refractivity contribution >= 4 is 29.2 Å². The van der Waals surface area contributed by atoms with E-state index in [9.17, 15) is 9.59 Å². The maximum Gasteiger partial charge on any atom is 0.302 e. The fraction of sp³-hybridized carbons (Fsp3) is 0.294. The molecule has 0 saturated carbocycles. The number of aromatic nitrogens is 3. The third-order valence-corrected chi connectivity index (χ3v) is 4.49. The molecule has 3 rings (SSSR count). The van der Waals surface area contributed by atoms with Crippen LogP contribution in [0, 0.1) is 13.8 Å². The van der Waals surface area contributed by atoms with Gasteiger partial charge >= 0.3 is 6.01 Å². The Labute approximate surface area is 154 Å². The van der Waals surface area contributed by atoms with Crippen LogP contribution in [0.4, 0.5) is 6.01 Å². The van der Waals surface area contributed by atoms with Gasteiger partial charge < -0.3 is 9.73 Å². The van der Waals surface area contributed by atoms with Crippen molar-refractivity contribution in [1.82, 2.24) is 20.1 Å². The van der Waals surface area contributed by atoms with Gasteiger partial charge in [-0.05, 0) is 31.4 Å². The average Bonchev–Trinajstić information content (AvgIpc) is 3.30. The first-order valence-corrected chi connectivity index (χ1v) is 8.96.